The van der Waals surface area contributed by atoms with Crippen LogP contribution in [0.1, 0.15) is 36.8 Å². The molecule has 1 saturated carbocycles. The highest BCUT2D eigenvalue weighted by molar-refractivity contribution is 5.43. The van der Waals surface area contributed by atoms with Crippen LogP contribution in [0.25, 0.3) is 0 Å². The van der Waals surface area contributed by atoms with Crippen molar-refractivity contribution in [3.8, 4) is 5.75 Å². The molecule has 1 nitrogen and oxygen atoms in total. The Morgan fingerprint density at radius 2 is 2.29 bits per heavy atom. The van der Waals surface area contributed by atoms with Crippen molar-refractivity contribution in [2.75, 3.05) is 6.61 Å². The van der Waals surface area contributed by atoms with E-state index in [9.17, 15) is 0 Å². The fourth-order valence-electron chi connectivity index (χ4n) is 1.66. The van der Waals surface area contributed by atoms with Gasteiger partial charge in [0.1, 0.15) is 5.75 Å². The third-order valence-corrected chi connectivity index (χ3v) is 2.53. The maximum atomic E-state index is 5.59. The monoisotopic (exact) mass is 187 g/mol. The summed E-state index contributed by atoms with van der Waals surface area (Å²) >= 11 is 0. The second-order valence-corrected chi connectivity index (χ2v) is 3.64. The Bertz CT molecular complexity index is 337. The van der Waals surface area contributed by atoms with Gasteiger partial charge >= 0.3 is 0 Å². The normalized spacial score (nSPS) is 15.2. The fourth-order valence-corrected chi connectivity index (χ4v) is 1.66. The second-order valence-electron chi connectivity index (χ2n) is 3.64. The number of hydrogen-bond acceptors (Lipinski definition) is 1. The van der Waals surface area contributed by atoms with Crippen molar-refractivity contribution < 1.29 is 4.74 Å². The molecule has 1 fully saturated rings. The van der Waals surface area contributed by atoms with Gasteiger partial charge in [0.05, 0.1) is 6.61 Å². The molecule has 1 radical (unpaired) electrons. The van der Waals surface area contributed by atoms with Gasteiger partial charge in [-0.15, -0.1) is 0 Å². The van der Waals surface area contributed by atoms with Gasteiger partial charge in [-0.1, -0.05) is 12.6 Å². The summed E-state index contributed by atoms with van der Waals surface area (Å²) < 4.78 is 5.59. The van der Waals surface area contributed by atoms with E-state index < -0.39 is 0 Å². The van der Waals surface area contributed by atoms with E-state index in [0.29, 0.717) is 5.92 Å². The van der Waals surface area contributed by atoms with Crippen LogP contribution in [-0.4, -0.2) is 6.61 Å². The Hall–Kier alpha value is -1.24. The molecule has 0 unspecified atom stereocenters. The predicted molar refractivity (Wildman–Crippen MR) is 57.6 cm³/mol. The summed E-state index contributed by atoms with van der Waals surface area (Å²) in [5.41, 5.74) is 2.40. The maximum Gasteiger partial charge on any atom is 0.122 e. The van der Waals surface area contributed by atoms with E-state index in [0.717, 1.165) is 17.9 Å². The Balaban J connectivity index is 2.33. The van der Waals surface area contributed by atoms with Crippen molar-refractivity contribution >= 4 is 0 Å². The van der Waals surface area contributed by atoms with Crippen LogP contribution < -0.4 is 4.74 Å². The lowest BCUT2D eigenvalue weighted by Gasteiger charge is -2.09. The zero-order valence-corrected chi connectivity index (χ0v) is 8.55. The van der Waals surface area contributed by atoms with Crippen LogP contribution in [0.15, 0.2) is 24.8 Å². The molecule has 0 aliphatic heterocycles. The van der Waals surface area contributed by atoms with Crippen molar-refractivity contribution in [3.63, 3.8) is 0 Å². The lowest BCUT2D eigenvalue weighted by Crippen LogP contribution is -1.96. The van der Waals surface area contributed by atoms with E-state index >= 15 is 0 Å². The summed E-state index contributed by atoms with van der Waals surface area (Å²) in [6.07, 6.45) is 5.50. The number of rotatable bonds is 4. The highest BCUT2D eigenvalue weighted by Crippen LogP contribution is 2.44. The molecule has 0 atom stereocenters. The van der Waals surface area contributed by atoms with Gasteiger partial charge in [0.2, 0.25) is 0 Å². The SMILES string of the molecule is C=[C]c1ccc(OCC)c(C2CC2)c1. The Morgan fingerprint density at radius 1 is 1.50 bits per heavy atom. The van der Waals surface area contributed by atoms with Crippen LogP contribution in [0, 0.1) is 6.08 Å². The summed E-state index contributed by atoms with van der Waals surface area (Å²) in [7, 11) is 0. The first-order valence-corrected chi connectivity index (χ1v) is 5.15. The second kappa shape index (κ2) is 3.87. The van der Waals surface area contributed by atoms with Crippen molar-refractivity contribution in [1.82, 2.24) is 0 Å². The molecule has 73 valence electrons. The van der Waals surface area contributed by atoms with Crippen LogP contribution in [0.4, 0.5) is 0 Å². The largest absolute Gasteiger partial charge is 0.494 e. The summed E-state index contributed by atoms with van der Waals surface area (Å²) in [6, 6.07) is 6.18. The number of hydrogen-bond donors (Lipinski definition) is 0. The molecule has 1 aliphatic carbocycles. The van der Waals surface area contributed by atoms with Gasteiger partial charge in [-0.2, -0.15) is 0 Å². The summed E-state index contributed by atoms with van der Waals surface area (Å²) in [4.78, 5) is 0. The molecule has 14 heavy (non-hydrogen) atoms. The first kappa shape index (κ1) is 9.32. The molecule has 0 N–H and O–H groups in total. The average Bonchev–Trinajstić information content (AvgIpc) is 3.02. The van der Waals surface area contributed by atoms with Gasteiger partial charge in [0, 0.05) is 0 Å². The van der Waals surface area contributed by atoms with Crippen molar-refractivity contribution in [2.45, 2.75) is 25.7 Å². The molecule has 0 heterocycles. The van der Waals surface area contributed by atoms with Crippen LogP contribution >= 0.6 is 0 Å². The first-order valence-electron chi connectivity index (χ1n) is 5.15. The van der Waals surface area contributed by atoms with E-state index in [1.165, 1.54) is 18.4 Å². The lowest BCUT2D eigenvalue weighted by atomic mass is 10.1. The molecule has 0 bridgehead atoms. The molecule has 0 aromatic heterocycles. The maximum absolute atomic E-state index is 5.59. The van der Waals surface area contributed by atoms with E-state index in [2.05, 4.69) is 18.7 Å². The molecule has 1 heteroatoms. The third-order valence-electron chi connectivity index (χ3n) is 2.53. The van der Waals surface area contributed by atoms with Crippen molar-refractivity contribution in [3.05, 3.63) is 42.0 Å². The molecular formula is C13H15O. The third kappa shape index (κ3) is 1.82. The fraction of sp³-hybridized carbons (Fsp3) is 0.385. The average molecular weight is 187 g/mol. The van der Waals surface area contributed by atoms with Crippen LogP contribution in [0.2, 0.25) is 0 Å². The Labute approximate surface area is 85.4 Å². The molecule has 1 aliphatic rings. The zero-order valence-electron chi connectivity index (χ0n) is 8.55. The summed E-state index contributed by atoms with van der Waals surface area (Å²) in [5, 5.41) is 0. The van der Waals surface area contributed by atoms with Gasteiger partial charge in [-0.25, -0.2) is 0 Å². The van der Waals surface area contributed by atoms with Crippen molar-refractivity contribution in [1.29, 1.82) is 0 Å². The highest BCUT2D eigenvalue weighted by Gasteiger charge is 2.26. The topological polar surface area (TPSA) is 9.23 Å². The predicted octanol–water partition coefficient (Wildman–Crippen LogP) is 3.30. The van der Waals surface area contributed by atoms with Gasteiger partial charge in [-0.05, 0) is 55.0 Å². The zero-order chi connectivity index (χ0) is 9.97. The van der Waals surface area contributed by atoms with Gasteiger partial charge < -0.3 is 4.74 Å². The minimum Gasteiger partial charge on any atom is -0.494 e. The van der Waals surface area contributed by atoms with Gasteiger partial charge in [0.25, 0.3) is 0 Å². The summed E-state index contributed by atoms with van der Waals surface area (Å²) in [5.74, 6) is 1.75. The minimum absolute atomic E-state index is 0.713. The number of benzene rings is 1. The van der Waals surface area contributed by atoms with Crippen LogP contribution in [-0.2, 0) is 0 Å². The minimum atomic E-state index is 0.713. The molecule has 0 amide bonds. The molecule has 1 aromatic carbocycles. The molecule has 2 rings (SSSR count). The van der Waals surface area contributed by atoms with Crippen LogP contribution in [0.5, 0.6) is 5.75 Å². The Kier molecular flexibility index (Phi) is 2.58. The highest BCUT2D eigenvalue weighted by atomic mass is 16.5. The smallest absolute Gasteiger partial charge is 0.122 e. The van der Waals surface area contributed by atoms with E-state index in [-0.39, 0.29) is 0 Å². The molecular weight excluding hydrogens is 172 g/mol. The van der Waals surface area contributed by atoms with Gasteiger partial charge in [0.15, 0.2) is 0 Å². The quantitative estimate of drug-likeness (QED) is 0.702. The van der Waals surface area contributed by atoms with Crippen molar-refractivity contribution in [2.24, 2.45) is 0 Å². The lowest BCUT2D eigenvalue weighted by molar-refractivity contribution is 0.336. The summed E-state index contributed by atoms with van der Waals surface area (Å²) in [6.45, 7) is 6.41. The standard InChI is InChI=1S/C13H15O/c1-3-10-5-8-13(14-4-2)12(9-10)11-6-7-11/h5,8-9,11H,1,4,6-7H2,2H3. The molecule has 0 saturated heterocycles. The van der Waals surface area contributed by atoms with E-state index in [4.69, 9.17) is 4.74 Å². The van der Waals surface area contributed by atoms with E-state index in [1.54, 1.807) is 0 Å². The van der Waals surface area contributed by atoms with Gasteiger partial charge in [-0.3, -0.25) is 0 Å². The van der Waals surface area contributed by atoms with Crippen LogP contribution in [0.3, 0.4) is 0 Å². The first-order chi connectivity index (χ1) is 6.85. The number of ether oxygens (including phenoxy) is 1. The Morgan fingerprint density at radius 3 is 2.86 bits per heavy atom. The molecule has 1 aromatic rings. The molecule has 0 spiro atoms. The van der Waals surface area contributed by atoms with E-state index in [1.807, 2.05) is 19.1 Å².